The maximum absolute atomic E-state index is 10.00. The molecule has 2 unspecified atom stereocenters. The van der Waals surface area contributed by atoms with Crippen molar-refractivity contribution in [1.29, 1.82) is 0 Å². The van der Waals surface area contributed by atoms with Gasteiger partial charge in [0.15, 0.2) is 0 Å². The first kappa shape index (κ1) is 16.8. The Labute approximate surface area is 167 Å². The second-order valence-electron chi connectivity index (χ2n) is 9.56. The normalized spacial score (nSPS) is 37.2. The van der Waals surface area contributed by atoms with E-state index in [1.54, 1.807) is 0 Å². The monoisotopic (exact) mass is 375 g/mol. The molecule has 0 heterocycles. The van der Waals surface area contributed by atoms with Gasteiger partial charge in [0.1, 0.15) is 17.6 Å². The minimum atomic E-state index is 0.244. The van der Waals surface area contributed by atoms with Gasteiger partial charge in [-0.1, -0.05) is 6.07 Å². The summed E-state index contributed by atoms with van der Waals surface area (Å²) in [5, 5.41) is 13.2. The first-order valence-electron chi connectivity index (χ1n) is 10.9. The standard InChI is InChI=1S/C25H29NO2/c1-26-17-4-7-19(8-5-17)28-23-14-25-13-16(25)3-11-22(25)21-9-2-15-12-18(27)6-10-20(15)24(21)23/h4-8,10,12,16,21-24,26-27H,2-3,9,11,13-14H2,1H3/t16-,21?,22?,23+,24-,25-/m1/s1. The Bertz CT molecular complexity index is 907. The van der Waals surface area contributed by atoms with Crippen molar-refractivity contribution in [1.82, 2.24) is 0 Å². The SMILES string of the molecule is CNc1ccc(O[C@H]2C[C@]34C[C@H]3CCC4C3CCc4cc(O)ccc4[C@H]32)cc1. The summed E-state index contributed by atoms with van der Waals surface area (Å²) in [6, 6.07) is 14.4. The van der Waals surface area contributed by atoms with Gasteiger partial charge in [-0.05, 0) is 109 Å². The molecule has 3 saturated carbocycles. The molecular weight excluding hydrogens is 346 g/mol. The summed E-state index contributed by atoms with van der Waals surface area (Å²) in [5.74, 6) is 4.42. The zero-order valence-corrected chi connectivity index (χ0v) is 16.5. The number of aryl methyl sites for hydroxylation is 1. The minimum absolute atomic E-state index is 0.244. The summed E-state index contributed by atoms with van der Waals surface area (Å²) >= 11 is 0. The van der Waals surface area contributed by atoms with Crippen LogP contribution in [0.3, 0.4) is 0 Å². The smallest absolute Gasteiger partial charge is 0.119 e. The average molecular weight is 376 g/mol. The molecule has 0 aromatic heterocycles. The molecule has 0 saturated heterocycles. The molecule has 2 aromatic rings. The van der Waals surface area contributed by atoms with Crippen molar-refractivity contribution in [3.8, 4) is 11.5 Å². The fourth-order valence-corrected chi connectivity index (χ4v) is 7.24. The Hall–Kier alpha value is -2.16. The van der Waals surface area contributed by atoms with Crippen molar-refractivity contribution in [2.75, 3.05) is 12.4 Å². The molecule has 0 amide bonds. The van der Waals surface area contributed by atoms with Gasteiger partial charge in [-0.3, -0.25) is 0 Å². The van der Waals surface area contributed by atoms with Gasteiger partial charge in [-0.25, -0.2) is 0 Å². The van der Waals surface area contributed by atoms with Crippen molar-refractivity contribution in [3.05, 3.63) is 53.6 Å². The number of phenols is 1. The Morgan fingerprint density at radius 3 is 2.68 bits per heavy atom. The molecule has 1 spiro atoms. The maximum atomic E-state index is 10.00. The van der Waals surface area contributed by atoms with E-state index in [4.69, 9.17) is 4.74 Å². The molecule has 4 aliphatic carbocycles. The molecule has 0 bridgehead atoms. The fourth-order valence-electron chi connectivity index (χ4n) is 7.24. The number of ether oxygens (including phenoxy) is 1. The second-order valence-corrected chi connectivity index (χ2v) is 9.56. The quantitative estimate of drug-likeness (QED) is 0.760. The molecule has 4 aliphatic rings. The highest BCUT2D eigenvalue weighted by Crippen LogP contribution is 2.75. The van der Waals surface area contributed by atoms with Crippen LogP contribution in [0, 0.1) is 23.2 Å². The fraction of sp³-hybridized carbons (Fsp3) is 0.520. The zero-order valence-electron chi connectivity index (χ0n) is 16.5. The lowest BCUT2D eigenvalue weighted by Crippen LogP contribution is -2.46. The number of rotatable bonds is 3. The van der Waals surface area contributed by atoms with Crippen LogP contribution in [0.5, 0.6) is 11.5 Å². The van der Waals surface area contributed by atoms with Crippen LogP contribution in [-0.2, 0) is 6.42 Å². The van der Waals surface area contributed by atoms with Gasteiger partial charge in [-0.15, -0.1) is 0 Å². The first-order valence-corrected chi connectivity index (χ1v) is 10.9. The molecular formula is C25H29NO2. The van der Waals surface area contributed by atoms with Crippen molar-refractivity contribution >= 4 is 5.69 Å². The molecule has 146 valence electrons. The van der Waals surface area contributed by atoms with Crippen LogP contribution in [-0.4, -0.2) is 18.3 Å². The molecule has 6 atom stereocenters. The van der Waals surface area contributed by atoms with Gasteiger partial charge in [-0.2, -0.15) is 0 Å². The summed E-state index contributed by atoms with van der Waals surface area (Å²) in [6.07, 6.45) is 8.08. The highest BCUT2D eigenvalue weighted by molar-refractivity contribution is 5.46. The Balaban J connectivity index is 1.38. The maximum Gasteiger partial charge on any atom is 0.119 e. The lowest BCUT2D eigenvalue weighted by molar-refractivity contribution is 0.00360. The van der Waals surface area contributed by atoms with Crippen LogP contribution < -0.4 is 10.1 Å². The van der Waals surface area contributed by atoms with Crippen molar-refractivity contribution in [2.24, 2.45) is 23.2 Å². The van der Waals surface area contributed by atoms with Crippen molar-refractivity contribution in [3.63, 3.8) is 0 Å². The van der Waals surface area contributed by atoms with Crippen LogP contribution in [0.4, 0.5) is 5.69 Å². The summed E-state index contributed by atoms with van der Waals surface area (Å²) in [4.78, 5) is 0. The number of nitrogens with one attached hydrogen (secondary N) is 1. The van der Waals surface area contributed by atoms with Crippen LogP contribution >= 0.6 is 0 Å². The topological polar surface area (TPSA) is 41.5 Å². The van der Waals surface area contributed by atoms with E-state index in [-0.39, 0.29) is 6.10 Å². The highest BCUT2D eigenvalue weighted by atomic mass is 16.5. The number of aromatic hydroxyl groups is 1. The number of anilines is 1. The van der Waals surface area contributed by atoms with Gasteiger partial charge >= 0.3 is 0 Å². The van der Waals surface area contributed by atoms with E-state index in [2.05, 4.69) is 35.6 Å². The zero-order chi connectivity index (χ0) is 18.9. The predicted molar refractivity (Wildman–Crippen MR) is 111 cm³/mol. The van der Waals surface area contributed by atoms with Gasteiger partial charge in [0.05, 0.1) is 0 Å². The van der Waals surface area contributed by atoms with Crippen molar-refractivity contribution < 1.29 is 9.84 Å². The third kappa shape index (κ3) is 2.34. The third-order valence-electron chi connectivity index (χ3n) is 8.47. The lowest BCUT2D eigenvalue weighted by Gasteiger charge is -2.49. The highest BCUT2D eigenvalue weighted by Gasteiger charge is 2.68. The van der Waals surface area contributed by atoms with Gasteiger partial charge in [0, 0.05) is 18.7 Å². The number of benzene rings is 2. The molecule has 3 fully saturated rings. The van der Waals surface area contributed by atoms with Crippen LogP contribution in [0.15, 0.2) is 42.5 Å². The molecule has 3 heteroatoms. The minimum Gasteiger partial charge on any atom is -0.508 e. The molecule has 0 aliphatic heterocycles. The molecule has 2 aromatic carbocycles. The Morgan fingerprint density at radius 2 is 1.89 bits per heavy atom. The first-order chi connectivity index (χ1) is 13.7. The summed E-state index contributed by atoms with van der Waals surface area (Å²) in [5.41, 5.74) is 4.46. The summed E-state index contributed by atoms with van der Waals surface area (Å²) in [6.45, 7) is 0. The van der Waals surface area contributed by atoms with Crippen LogP contribution in [0.25, 0.3) is 0 Å². The second kappa shape index (κ2) is 5.92. The predicted octanol–water partition coefficient (Wildman–Crippen LogP) is 5.35. The summed E-state index contributed by atoms with van der Waals surface area (Å²) < 4.78 is 6.72. The van der Waals surface area contributed by atoms with E-state index < -0.39 is 0 Å². The largest absolute Gasteiger partial charge is 0.508 e. The van der Waals surface area contributed by atoms with Gasteiger partial charge < -0.3 is 15.2 Å². The Kier molecular flexibility index (Phi) is 3.54. The van der Waals surface area contributed by atoms with E-state index >= 15 is 0 Å². The van der Waals surface area contributed by atoms with E-state index in [1.165, 1.54) is 43.2 Å². The number of hydrogen-bond donors (Lipinski definition) is 2. The van der Waals surface area contributed by atoms with Crippen LogP contribution in [0.1, 0.15) is 49.1 Å². The average Bonchev–Trinajstić information content (AvgIpc) is 3.28. The Morgan fingerprint density at radius 1 is 1.04 bits per heavy atom. The molecule has 3 nitrogen and oxygen atoms in total. The molecule has 28 heavy (non-hydrogen) atoms. The summed E-state index contributed by atoms with van der Waals surface area (Å²) in [7, 11) is 1.95. The van der Waals surface area contributed by atoms with Gasteiger partial charge in [0.25, 0.3) is 0 Å². The number of phenolic OH excluding ortho intramolecular Hbond substituents is 1. The van der Waals surface area contributed by atoms with Crippen molar-refractivity contribution in [2.45, 2.75) is 50.5 Å². The van der Waals surface area contributed by atoms with Gasteiger partial charge in [0.2, 0.25) is 0 Å². The van der Waals surface area contributed by atoms with Crippen LogP contribution in [0.2, 0.25) is 0 Å². The molecule has 6 rings (SSSR count). The molecule has 0 radical (unpaired) electrons. The van der Waals surface area contributed by atoms with E-state index in [0.29, 0.717) is 17.1 Å². The van der Waals surface area contributed by atoms with E-state index in [9.17, 15) is 5.11 Å². The number of fused-ring (bicyclic) bond motifs is 4. The molecule has 2 N–H and O–H groups in total. The lowest BCUT2D eigenvalue weighted by atomic mass is 9.57. The van der Waals surface area contributed by atoms with E-state index in [0.717, 1.165) is 35.6 Å². The number of hydrogen-bond acceptors (Lipinski definition) is 3. The third-order valence-corrected chi connectivity index (χ3v) is 8.47. The van der Waals surface area contributed by atoms with E-state index in [1.807, 2.05) is 19.2 Å².